The van der Waals surface area contributed by atoms with Crippen molar-refractivity contribution in [3.8, 4) is 0 Å². The Morgan fingerprint density at radius 2 is 2.04 bits per heavy atom. The minimum absolute atomic E-state index is 0.110. The second kappa shape index (κ2) is 6.05. The van der Waals surface area contributed by atoms with Crippen LogP contribution in [0.4, 0.5) is 14.6 Å². The monoisotopic (exact) mass is 348 g/mol. The molecule has 25 heavy (non-hydrogen) atoms. The fourth-order valence-electron chi connectivity index (χ4n) is 4.06. The Morgan fingerprint density at radius 3 is 2.76 bits per heavy atom. The predicted molar refractivity (Wildman–Crippen MR) is 89.6 cm³/mol. The van der Waals surface area contributed by atoms with Crippen molar-refractivity contribution in [2.75, 3.05) is 31.1 Å². The van der Waals surface area contributed by atoms with E-state index in [0.29, 0.717) is 45.0 Å². The van der Waals surface area contributed by atoms with E-state index in [1.807, 2.05) is 24.0 Å². The summed E-state index contributed by atoms with van der Waals surface area (Å²) in [5, 5.41) is 0. The van der Waals surface area contributed by atoms with E-state index in [0.717, 1.165) is 11.5 Å². The Kier molecular flexibility index (Phi) is 3.98. The summed E-state index contributed by atoms with van der Waals surface area (Å²) < 4.78 is 35.3. The Bertz CT molecular complexity index is 736. The molecule has 0 amide bonds. The van der Waals surface area contributed by atoms with Gasteiger partial charge in [-0.25, -0.2) is 13.8 Å². The van der Waals surface area contributed by atoms with E-state index in [1.165, 1.54) is 0 Å². The number of halogens is 2. The number of likely N-dealkylation sites (tertiary alicyclic amines) is 1. The van der Waals surface area contributed by atoms with Crippen LogP contribution in [-0.4, -0.2) is 47.0 Å². The Balaban J connectivity index is 1.52. The van der Waals surface area contributed by atoms with Gasteiger partial charge in [0.1, 0.15) is 17.3 Å². The van der Waals surface area contributed by atoms with Gasteiger partial charge < -0.3 is 9.32 Å². The fraction of sp³-hybridized carbons (Fsp3) is 0.556. The van der Waals surface area contributed by atoms with E-state index in [9.17, 15) is 8.78 Å². The Morgan fingerprint density at radius 1 is 1.16 bits per heavy atom. The topological polar surface area (TPSA) is 45.4 Å². The minimum atomic E-state index is -2.67. The van der Waals surface area contributed by atoms with Crippen molar-refractivity contribution in [1.29, 1.82) is 0 Å². The highest BCUT2D eigenvalue weighted by molar-refractivity contribution is 5.38. The van der Waals surface area contributed by atoms with Gasteiger partial charge in [0.2, 0.25) is 0 Å². The molecule has 1 atom stereocenters. The number of anilines is 1. The van der Waals surface area contributed by atoms with Crippen LogP contribution >= 0.6 is 0 Å². The maximum atomic E-state index is 14.9. The molecule has 2 aliphatic heterocycles. The van der Waals surface area contributed by atoms with Crippen LogP contribution in [0.3, 0.4) is 0 Å². The van der Waals surface area contributed by atoms with E-state index in [4.69, 9.17) is 4.42 Å². The van der Waals surface area contributed by atoms with Crippen molar-refractivity contribution in [1.82, 2.24) is 14.9 Å². The molecule has 0 saturated carbocycles. The molecule has 4 heterocycles. The first-order chi connectivity index (χ1) is 12.0. The number of aryl methyl sites for hydroxylation is 1. The third-order valence-corrected chi connectivity index (χ3v) is 5.45. The molecule has 2 aliphatic rings. The molecule has 2 aromatic rings. The lowest BCUT2D eigenvalue weighted by Gasteiger charge is -2.45. The molecular formula is C18H22F2N4O. The lowest BCUT2D eigenvalue weighted by atomic mass is 9.75. The van der Waals surface area contributed by atoms with Crippen LogP contribution < -0.4 is 4.90 Å². The number of hydrogen-bond donors (Lipinski definition) is 0. The number of piperidine rings is 1. The van der Waals surface area contributed by atoms with E-state index in [-0.39, 0.29) is 6.42 Å². The largest absolute Gasteiger partial charge is 0.465 e. The first-order valence-corrected chi connectivity index (χ1v) is 8.64. The summed E-state index contributed by atoms with van der Waals surface area (Å²) in [6, 6.07) is 3.84. The summed E-state index contributed by atoms with van der Waals surface area (Å²) in [7, 11) is 0. The van der Waals surface area contributed by atoms with E-state index >= 15 is 0 Å². The summed E-state index contributed by atoms with van der Waals surface area (Å²) >= 11 is 0. The second-order valence-electron chi connectivity index (χ2n) is 7.19. The molecule has 2 fully saturated rings. The molecule has 0 unspecified atom stereocenters. The first kappa shape index (κ1) is 16.4. The highest BCUT2D eigenvalue weighted by Gasteiger charge is 2.59. The normalized spacial score (nSPS) is 26.4. The summed E-state index contributed by atoms with van der Waals surface area (Å²) in [6.45, 7) is 4.13. The highest BCUT2D eigenvalue weighted by atomic mass is 19.3. The summed E-state index contributed by atoms with van der Waals surface area (Å²) in [4.78, 5) is 12.3. The van der Waals surface area contributed by atoms with Gasteiger partial charge >= 0.3 is 0 Å². The molecule has 2 aromatic heterocycles. The van der Waals surface area contributed by atoms with Crippen molar-refractivity contribution >= 4 is 5.82 Å². The average Bonchev–Trinajstić information content (AvgIpc) is 3.20. The molecule has 2 saturated heterocycles. The van der Waals surface area contributed by atoms with Crippen molar-refractivity contribution in [3.05, 3.63) is 42.2 Å². The van der Waals surface area contributed by atoms with Crippen LogP contribution in [0.2, 0.25) is 0 Å². The quantitative estimate of drug-likeness (QED) is 0.853. The van der Waals surface area contributed by atoms with Crippen molar-refractivity contribution in [2.24, 2.45) is 5.41 Å². The number of hydrogen-bond acceptors (Lipinski definition) is 5. The number of aromatic nitrogens is 2. The Labute approximate surface area is 145 Å². The molecule has 0 aromatic carbocycles. The van der Waals surface area contributed by atoms with E-state index in [1.54, 1.807) is 18.6 Å². The van der Waals surface area contributed by atoms with Crippen molar-refractivity contribution in [3.63, 3.8) is 0 Å². The van der Waals surface area contributed by atoms with Gasteiger partial charge in [-0.15, -0.1) is 0 Å². The summed E-state index contributed by atoms with van der Waals surface area (Å²) in [6.07, 6.45) is 5.19. The van der Waals surface area contributed by atoms with Gasteiger partial charge in [-0.3, -0.25) is 9.88 Å². The molecule has 4 rings (SSSR count). The fourth-order valence-corrected chi connectivity index (χ4v) is 4.06. The number of furan rings is 1. The van der Waals surface area contributed by atoms with Gasteiger partial charge in [-0.05, 0) is 25.5 Å². The molecule has 5 nitrogen and oxygen atoms in total. The molecular weight excluding hydrogens is 326 g/mol. The molecule has 0 bridgehead atoms. The van der Waals surface area contributed by atoms with Gasteiger partial charge in [-0.1, -0.05) is 0 Å². The lowest BCUT2D eigenvalue weighted by molar-refractivity contribution is -0.159. The van der Waals surface area contributed by atoms with Gasteiger partial charge in [-0.2, -0.15) is 0 Å². The predicted octanol–water partition coefficient (Wildman–Crippen LogP) is 3.12. The molecule has 134 valence electrons. The van der Waals surface area contributed by atoms with Crippen LogP contribution in [0.15, 0.2) is 35.1 Å². The zero-order valence-electron chi connectivity index (χ0n) is 14.3. The van der Waals surface area contributed by atoms with Crippen molar-refractivity contribution in [2.45, 2.75) is 32.2 Å². The van der Waals surface area contributed by atoms with E-state index in [2.05, 4.69) is 14.9 Å². The molecule has 0 radical (unpaired) electrons. The van der Waals surface area contributed by atoms with Crippen LogP contribution in [0.1, 0.15) is 24.4 Å². The second-order valence-corrected chi connectivity index (χ2v) is 7.19. The minimum Gasteiger partial charge on any atom is -0.465 e. The van der Waals surface area contributed by atoms with Crippen LogP contribution in [-0.2, 0) is 6.54 Å². The smallest absolute Gasteiger partial charge is 0.257 e. The first-order valence-electron chi connectivity index (χ1n) is 8.64. The molecule has 7 heteroatoms. The van der Waals surface area contributed by atoms with Gasteiger partial charge in [0, 0.05) is 45.0 Å². The average molecular weight is 348 g/mol. The summed E-state index contributed by atoms with van der Waals surface area (Å²) in [5.74, 6) is -0.308. The van der Waals surface area contributed by atoms with E-state index < -0.39 is 11.3 Å². The number of rotatable bonds is 3. The third kappa shape index (κ3) is 3.01. The molecule has 1 spiro atoms. The lowest BCUT2D eigenvalue weighted by Crippen LogP contribution is -2.56. The zero-order chi connectivity index (χ0) is 17.5. The van der Waals surface area contributed by atoms with Crippen molar-refractivity contribution < 1.29 is 13.2 Å². The highest BCUT2D eigenvalue weighted by Crippen LogP contribution is 2.50. The maximum absolute atomic E-state index is 14.9. The van der Waals surface area contributed by atoms with Gasteiger partial charge in [0.25, 0.3) is 5.92 Å². The maximum Gasteiger partial charge on any atom is 0.257 e. The van der Waals surface area contributed by atoms with Crippen LogP contribution in [0, 0.1) is 12.3 Å². The number of nitrogens with zero attached hydrogens (tertiary/aromatic N) is 4. The molecule has 0 aliphatic carbocycles. The Hall–Kier alpha value is -2.02. The van der Waals surface area contributed by atoms with Gasteiger partial charge in [0.05, 0.1) is 18.2 Å². The third-order valence-electron chi connectivity index (χ3n) is 5.45. The standard InChI is InChI=1S/C18H22F2N4O/c1-14-2-3-15(25-14)11-23-8-5-18(19,20)17(12-23)4-9-24(13-17)16-10-21-6-7-22-16/h2-3,6-7,10H,4-5,8-9,11-13H2,1H3/t17-/m0/s1. The number of alkyl halides is 2. The summed E-state index contributed by atoms with van der Waals surface area (Å²) in [5.41, 5.74) is -1.04. The van der Waals surface area contributed by atoms with Gasteiger partial charge in [0.15, 0.2) is 0 Å². The van der Waals surface area contributed by atoms with Crippen LogP contribution in [0.25, 0.3) is 0 Å². The van der Waals surface area contributed by atoms with Crippen LogP contribution in [0.5, 0.6) is 0 Å². The molecule has 0 N–H and O–H groups in total. The SMILES string of the molecule is Cc1ccc(CN2CCC(F)(F)[C@@]3(CCN(c4cnccn4)C3)C2)o1. The zero-order valence-corrected chi connectivity index (χ0v) is 14.3.